The molecule has 4 nitrogen and oxygen atoms in total. The Balaban J connectivity index is 1.43. The number of hydrogen-bond acceptors (Lipinski definition) is 3. The van der Waals surface area contributed by atoms with E-state index in [4.69, 9.17) is 18.3 Å². The molecule has 3 fully saturated rings. The van der Waals surface area contributed by atoms with Crippen LogP contribution in [0.25, 0.3) is 0 Å². The van der Waals surface area contributed by atoms with Crippen molar-refractivity contribution in [2.24, 2.45) is 46.3 Å². The van der Waals surface area contributed by atoms with E-state index < -0.39 is 36.1 Å². The average Bonchev–Trinajstić information content (AvgIpc) is 3.14. The fourth-order valence-corrected chi connectivity index (χ4v) is 9.17. The van der Waals surface area contributed by atoms with Crippen LogP contribution >= 0.6 is 0 Å². The fourth-order valence-electron chi connectivity index (χ4n) is 8.66. The van der Waals surface area contributed by atoms with Crippen molar-refractivity contribution in [3.63, 3.8) is 0 Å². The van der Waals surface area contributed by atoms with Gasteiger partial charge in [0.05, 0.1) is 6.10 Å². The summed E-state index contributed by atoms with van der Waals surface area (Å²) < 4.78 is 91.2. The smallest absolute Gasteiger partial charge is 0.264 e. The minimum Gasteiger partial charge on any atom is -0.264 e. The Bertz CT molecular complexity index is 1040. The summed E-state index contributed by atoms with van der Waals surface area (Å²) in [5, 5.41) is 0. The highest BCUT2D eigenvalue weighted by atomic mass is 32.3. The van der Waals surface area contributed by atoms with Crippen molar-refractivity contribution >= 4 is 10.4 Å². The van der Waals surface area contributed by atoms with Crippen LogP contribution in [-0.2, 0) is 14.6 Å². The Kier molecular flexibility index (Phi) is 4.81. The zero-order valence-corrected chi connectivity index (χ0v) is 20.7. The van der Waals surface area contributed by atoms with Crippen LogP contribution < -0.4 is 0 Å². The Morgan fingerprint density at radius 2 is 1.97 bits per heavy atom. The summed E-state index contributed by atoms with van der Waals surface area (Å²) in [7, 11) is -4.46. The summed E-state index contributed by atoms with van der Waals surface area (Å²) >= 11 is 0. The minimum absolute atomic E-state index is 0.0229. The summed E-state index contributed by atoms with van der Waals surface area (Å²) in [5.41, 5.74) is 1.48. The van der Waals surface area contributed by atoms with Gasteiger partial charge in [-0.2, -0.15) is 8.42 Å². The number of hydrogen-bond donors (Lipinski definition) is 1. The maximum Gasteiger partial charge on any atom is 0.397 e. The maximum atomic E-state index is 11.3. The van der Waals surface area contributed by atoms with Crippen molar-refractivity contribution in [3.8, 4) is 0 Å². The summed E-state index contributed by atoms with van der Waals surface area (Å²) in [5.74, 6) is 0.0746. The van der Waals surface area contributed by atoms with Crippen LogP contribution in [0.5, 0.6) is 0 Å². The first-order valence-corrected chi connectivity index (χ1v) is 13.9. The monoisotopic (exact) mass is 473 g/mol. The molecule has 0 saturated heterocycles. The molecule has 0 aromatic rings. The highest BCUT2D eigenvalue weighted by Crippen LogP contribution is 2.67. The van der Waals surface area contributed by atoms with Crippen LogP contribution in [0.2, 0.25) is 0 Å². The lowest BCUT2D eigenvalue weighted by Crippen LogP contribution is -2.51. The molecular formula is C27H46O4S. The lowest BCUT2D eigenvalue weighted by molar-refractivity contribution is -0.0560. The van der Waals surface area contributed by atoms with Gasteiger partial charge < -0.3 is 0 Å². The molecule has 0 aromatic carbocycles. The van der Waals surface area contributed by atoms with Gasteiger partial charge in [-0.3, -0.25) is 4.55 Å². The van der Waals surface area contributed by atoms with Gasteiger partial charge >= 0.3 is 10.4 Å². The maximum absolute atomic E-state index is 11.3. The number of rotatable bonds is 7. The highest BCUT2D eigenvalue weighted by Gasteiger charge is 2.59. The zero-order valence-electron chi connectivity index (χ0n) is 26.9. The molecule has 8 atom stereocenters. The predicted octanol–water partition coefficient (Wildman–Crippen LogP) is 7.22. The van der Waals surface area contributed by atoms with Crippen LogP contribution in [0.4, 0.5) is 0 Å². The topological polar surface area (TPSA) is 63.6 Å². The van der Waals surface area contributed by atoms with E-state index in [0.717, 1.165) is 44.9 Å². The second kappa shape index (κ2) is 9.00. The largest absolute Gasteiger partial charge is 0.397 e. The molecule has 3 saturated carbocycles. The van der Waals surface area contributed by atoms with Gasteiger partial charge in [0.1, 0.15) is 0 Å². The summed E-state index contributed by atoms with van der Waals surface area (Å²) in [6, 6.07) is 0. The second-order valence-corrected chi connectivity index (χ2v) is 12.8. The van der Waals surface area contributed by atoms with Gasteiger partial charge in [0.2, 0.25) is 0 Å². The fraction of sp³-hybridized carbons (Fsp3) is 0.926. The van der Waals surface area contributed by atoms with Crippen molar-refractivity contribution in [3.05, 3.63) is 11.6 Å². The van der Waals surface area contributed by atoms with E-state index in [0.29, 0.717) is 48.9 Å². The van der Waals surface area contributed by atoms with E-state index in [2.05, 4.69) is 26.8 Å². The first kappa shape index (κ1) is 17.1. The Morgan fingerprint density at radius 1 is 1.19 bits per heavy atom. The highest BCUT2D eigenvalue weighted by molar-refractivity contribution is 7.80. The van der Waals surface area contributed by atoms with E-state index in [-0.39, 0.29) is 17.3 Å². The molecule has 184 valence electrons. The molecule has 0 aromatic heterocycles. The third kappa shape index (κ3) is 4.60. The van der Waals surface area contributed by atoms with E-state index in [1.165, 1.54) is 5.57 Å². The average molecular weight is 474 g/mol. The van der Waals surface area contributed by atoms with Crippen LogP contribution in [0.15, 0.2) is 11.6 Å². The van der Waals surface area contributed by atoms with E-state index in [1.54, 1.807) is 0 Å². The molecule has 0 radical (unpaired) electrons. The zero-order chi connectivity index (χ0) is 29.2. The molecule has 4 aliphatic carbocycles. The molecule has 5 heteroatoms. The van der Waals surface area contributed by atoms with Crippen LogP contribution in [0, 0.1) is 46.3 Å². The molecule has 0 bridgehead atoms. The van der Waals surface area contributed by atoms with E-state index in [9.17, 15) is 8.42 Å². The van der Waals surface area contributed by atoms with Gasteiger partial charge in [-0.05, 0) is 97.7 Å². The molecule has 4 rings (SSSR count). The van der Waals surface area contributed by atoms with Crippen molar-refractivity contribution < 1.29 is 26.7 Å². The molecule has 4 aliphatic rings. The molecular weight excluding hydrogens is 420 g/mol. The van der Waals surface area contributed by atoms with Crippen LogP contribution in [0.3, 0.4) is 0 Å². The SMILES string of the molecule is [2H]C([2H])([2H])C([2H])(CCC[C@@H](C)[C@H]1CC[C@H]2[C@@H]3CC=C4CC(OS(=O)(=O)O)CC[C@]4(C)[C@H]3CC[C@]12C)C([2H])([2H])[2H]. The van der Waals surface area contributed by atoms with Crippen LogP contribution in [-0.4, -0.2) is 19.1 Å². The van der Waals surface area contributed by atoms with Gasteiger partial charge in [-0.1, -0.05) is 65.4 Å². The second-order valence-electron chi connectivity index (χ2n) is 11.7. The Hall–Kier alpha value is -0.390. The third-order valence-electron chi connectivity index (χ3n) is 10.2. The minimum atomic E-state index is -4.46. The van der Waals surface area contributed by atoms with Gasteiger partial charge in [-0.15, -0.1) is 0 Å². The van der Waals surface area contributed by atoms with E-state index >= 15 is 0 Å². The first-order chi connectivity index (χ1) is 17.7. The molecule has 0 aliphatic heterocycles. The Labute approximate surface area is 206 Å². The summed E-state index contributed by atoms with van der Waals surface area (Å²) in [6.45, 7) is 1.27. The van der Waals surface area contributed by atoms with Gasteiger partial charge in [0.15, 0.2) is 0 Å². The van der Waals surface area contributed by atoms with Crippen molar-refractivity contribution in [1.82, 2.24) is 0 Å². The third-order valence-corrected chi connectivity index (χ3v) is 10.7. The quantitative estimate of drug-likeness (QED) is 0.313. The van der Waals surface area contributed by atoms with Gasteiger partial charge in [0.25, 0.3) is 0 Å². The summed E-state index contributed by atoms with van der Waals surface area (Å²) in [6.07, 6.45) is 10.3. The number of allylic oxidation sites excluding steroid dienone is 1. The summed E-state index contributed by atoms with van der Waals surface area (Å²) in [4.78, 5) is 0. The lowest BCUT2D eigenvalue weighted by atomic mass is 9.47. The standard InChI is InChI=1S/C27H46O4S/c1-18(2)7-6-8-19(3)23-11-12-24-22-10-9-20-17-21(31-32(28,29)30)13-15-26(20,4)25(22)14-16-27(23,24)5/h9,18-19,21-25H,6-8,10-17H2,1-5H3,(H,28,29,30)/t19-,21?,22+,23-,24+,25+,26+,27-/m1/s1/i1D3,2D3,18D. The van der Waals surface area contributed by atoms with Crippen molar-refractivity contribution in [2.45, 2.75) is 111 Å². The Morgan fingerprint density at radius 3 is 2.69 bits per heavy atom. The molecule has 0 amide bonds. The van der Waals surface area contributed by atoms with Gasteiger partial charge in [0, 0.05) is 9.60 Å². The van der Waals surface area contributed by atoms with Gasteiger partial charge in [-0.25, -0.2) is 4.18 Å². The van der Waals surface area contributed by atoms with E-state index in [1.807, 2.05) is 0 Å². The van der Waals surface area contributed by atoms with Crippen molar-refractivity contribution in [2.75, 3.05) is 0 Å². The molecule has 1 N–H and O–H groups in total. The van der Waals surface area contributed by atoms with Crippen LogP contribution in [0.1, 0.15) is 115 Å². The molecule has 0 spiro atoms. The molecule has 1 unspecified atom stereocenters. The normalized spacial score (nSPS) is 47.1. The molecule has 32 heavy (non-hydrogen) atoms. The number of fused-ring (bicyclic) bond motifs is 5. The lowest BCUT2D eigenvalue weighted by Gasteiger charge is -2.58. The van der Waals surface area contributed by atoms with Crippen molar-refractivity contribution in [1.29, 1.82) is 0 Å². The predicted molar refractivity (Wildman–Crippen MR) is 129 cm³/mol. The molecule has 0 heterocycles. The first-order valence-electron chi connectivity index (χ1n) is 16.1.